The first-order valence-corrected chi connectivity index (χ1v) is 8.33. The van der Waals surface area contributed by atoms with Crippen molar-refractivity contribution in [3.05, 3.63) is 23.8 Å². The van der Waals surface area contributed by atoms with Crippen molar-refractivity contribution in [3.63, 3.8) is 0 Å². The summed E-state index contributed by atoms with van der Waals surface area (Å²) < 4.78 is 16.0. The van der Waals surface area contributed by atoms with Gasteiger partial charge in [-0.3, -0.25) is 4.79 Å². The molecule has 0 bridgehead atoms. The highest BCUT2D eigenvalue weighted by atomic mass is 16.5. The molecule has 1 N–H and O–H groups in total. The number of esters is 1. The molecule has 2 aliphatic rings. The Morgan fingerprint density at radius 3 is 2.65 bits per heavy atom. The molecule has 1 saturated carbocycles. The molecule has 126 valence electrons. The molecule has 0 saturated heterocycles. The van der Waals surface area contributed by atoms with Crippen molar-refractivity contribution in [2.24, 2.45) is 5.92 Å². The van der Waals surface area contributed by atoms with Gasteiger partial charge in [-0.25, -0.2) is 0 Å². The number of carbonyl (C=O) groups is 1. The van der Waals surface area contributed by atoms with Crippen LogP contribution in [-0.2, 0) is 16.0 Å². The minimum atomic E-state index is -0.0627. The normalized spacial score (nSPS) is 26.8. The molecule has 1 aliphatic heterocycles. The molecule has 1 atom stereocenters. The van der Waals surface area contributed by atoms with Gasteiger partial charge in [-0.1, -0.05) is 6.07 Å². The first-order chi connectivity index (χ1) is 11.2. The third-order valence-electron chi connectivity index (χ3n) is 4.91. The van der Waals surface area contributed by atoms with Crippen molar-refractivity contribution < 1.29 is 19.0 Å². The van der Waals surface area contributed by atoms with E-state index in [1.165, 1.54) is 12.7 Å². The number of methoxy groups -OCH3 is 2. The van der Waals surface area contributed by atoms with Crippen LogP contribution in [0.1, 0.15) is 31.2 Å². The fourth-order valence-electron chi connectivity index (χ4n) is 3.58. The molecule has 5 nitrogen and oxygen atoms in total. The monoisotopic (exact) mass is 319 g/mol. The Morgan fingerprint density at radius 2 is 1.96 bits per heavy atom. The Bertz CT molecular complexity index is 552. The zero-order chi connectivity index (χ0) is 16.2. The Morgan fingerprint density at radius 1 is 1.17 bits per heavy atom. The third kappa shape index (κ3) is 3.78. The van der Waals surface area contributed by atoms with Crippen molar-refractivity contribution >= 4 is 5.97 Å². The highest BCUT2D eigenvalue weighted by Crippen LogP contribution is 2.30. The van der Waals surface area contributed by atoms with Crippen molar-refractivity contribution in [3.8, 4) is 11.5 Å². The molecular formula is C18H25NO4. The van der Waals surface area contributed by atoms with Gasteiger partial charge in [0.25, 0.3) is 0 Å². The first kappa shape index (κ1) is 16.1. The molecular weight excluding hydrogens is 294 g/mol. The summed E-state index contributed by atoms with van der Waals surface area (Å²) in [5.74, 6) is 1.77. The van der Waals surface area contributed by atoms with Crippen LogP contribution in [0.3, 0.4) is 0 Å². The molecule has 1 aliphatic carbocycles. The quantitative estimate of drug-likeness (QED) is 0.863. The number of benzene rings is 1. The second kappa shape index (κ2) is 7.21. The maximum Gasteiger partial charge on any atom is 0.308 e. The fourth-order valence-corrected chi connectivity index (χ4v) is 3.58. The molecule has 0 unspecified atom stereocenters. The van der Waals surface area contributed by atoms with Crippen molar-refractivity contribution in [2.45, 2.75) is 44.2 Å². The van der Waals surface area contributed by atoms with Crippen molar-refractivity contribution in [2.75, 3.05) is 20.8 Å². The van der Waals surface area contributed by atoms with Crippen molar-refractivity contribution in [1.82, 2.24) is 5.32 Å². The topological polar surface area (TPSA) is 56.8 Å². The van der Waals surface area contributed by atoms with Crippen LogP contribution in [0.4, 0.5) is 0 Å². The second-order valence-corrected chi connectivity index (χ2v) is 6.42. The van der Waals surface area contributed by atoms with Crippen LogP contribution >= 0.6 is 0 Å². The Balaban J connectivity index is 1.51. The molecule has 0 spiro atoms. The fraction of sp³-hybridized carbons (Fsp3) is 0.611. The van der Waals surface area contributed by atoms with E-state index in [2.05, 4.69) is 11.4 Å². The summed E-state index contributed by atoms with van der Waals surface area (Å²) in [4.78, 5) is 11.6. The smallest absolute Gasteiger partial charge is 0.308 e. The SMILES string of the molecule is COC(=O)C1CCC(N[C@@H]2COc3cc(OC)ccc3C2)CC1. The van der Waals surface area contributed by atoms with Crippen LogP contribution in [0, 0.1) is 5.92 Å². The van der Waals surface area contributed by atoms with E-state index in [4.69, 9.17) is 14.2 Å². The minimum absolute atomic E-state index is 0.0627. The summed E-state index contributed by atoms with van der Waals surface area (Å²) in [5.41, 5.74) is 1.22. The van der Waals surface area contributed by atoms with E-state index < -0.39 is 0 Å². The van der Waals surface area contributed by atoms with Crippen LogP contribution in [0.5, 0.6) is 11.5 Å². The van der Waals surface area contributed by atoms with Gasteiger partial charge in [0.1, 0.15) is 18.1 Å². The third-order valence-corrected chi connectivity index (χ3v) is 4.91. The molecule has 1 aromatic carbocycles. The van der Waals surface area contributed by atoms with Gasteiger partial charge in [0, 0.05) is 18.2 Å². The van der Waals surface area contributed by atoms with Crippen LogP contribution in [-0.4, -0.2) is 38.9 Å². The van der Waals surface area contributed by atoms with Gasteiger partial charge in [-0.15, -0.1) is 0 Å². The predicted octanol–water partition coefficient (Wildman–Crippen LogP) is 2.32. The summed E-state index contributed by atoms with van der Waals surface area (Å²) in [6.07, 6.45) is 4.82. The second-order valence-electron chi connectivity index (χ2n) is 6.42. The lowest BCUT2D eigenvalue weighted by Crippen LogP contribution is -2.46. The summed E-state index contributed by atoms with van der Waals surface area (Å²) in [5, 5.41) is 3.70. The van der Waals surface area contributed by atoms with Crippen molar-refractivity contribution in [1.29, 1.82) is 0 Å². The lowest BCUT2D eigenvalue weighted by Gasteiger charge is -2.33. The number of nitrogens with one attached hydrogen (secondary N) is 1. The maximum atomic E-state index is 11.6. The number of fused-ring (bicyclic) bond motifs is 1. The predicted molar refractivity (Wildman–Crippen MR) is 86.9 cm³/mol. The van der Waals surface area contributed by atoms with Gasteiger partial charge in [-0.05, 0) is 43.7 Å². The molecule has 1 aromatic rings. The lowest BCUT2D eigenvalue weighted by atomic mass is 9.85. The van der Waals surface area contributed by atoms with Gasteiger partial charge >= 0.3 is 5.97 Å². The highest BCUT2D eigenvalue weighted by Gasteiger charge is 2.29. The minimum Gasteiger partial charge on any atom is -0.497 e. The van der Waals surface area contributed by atoms with Crippen LogP contribution in [0.25, 0.3) is 0 Å². The Labute approximate surface area is 137 Å². The molecule has 1 heterocycles. The maximum absolute atomic E-state index is 11.6. The van der Waals surface area contributed by atoms with Gasteiger partial charge in [0.15, 0.2) is 0 Å². The molecule has 5 heteroatoms. The highest BCUT2D eigenvalue weighted by molar-refractivity contribution is 5.72. The van der Waals surface area contributed by atoms with Crippen LogP contribution in [0.2, 0.25) is 0 Å². The zero-order valence-corrected chi connectivity index (χ0v) is 13.8. The molecule has 3 rings (SSSR count). The van der Waals surface area contributed by atoms with E-state index in [-0.39, 0.29) is 11.9 Å². The number of rotatable bonds is 4. The Hall–Kier alpha value is -1.75. The zero-order valence-electron chi connectivity index (χ0n) is 13.8. The molecule has 0 aromatic heterocycles. The molecule has 0 radical (unpaired) electrons. The van der Waals surface area contributed by atoms with E-state index in [1.54, 1.807) is 7.11 Å². The van der Waals surface area contributed by atoms with Gasteiger partial charge in [-0.2, -0.15) is 0 Å². The van der Waals surface area contributed by atoms with E-state index in [0.29, 0.717) is 18.7 Å². The summed E-state index contributed by atoms with van der Waals surface area (Å²) >= 11 is 0. The van der Waals surface area contributed by atoms with Gasteiger partial charge < -0.3 is 19.5 Å². The molecule has 0 amide bonds. The molecule has 23 heavy (non-hydrogen) atoms. The lowest BCUT2D eigenvalue weighted by molar-refractivity contribution is -0.146. The van der Waals surface area contributed by atoms with E-state index in [9.17, 15) is 4.79 Å². The standard InChI is InChI=1S/C18H25NO4/c1-21-16-8-5-13-9-15(11-23-17(13)10-16)19-14-6-3-12(4-7-14)18(20)22-2/h5,8,10,12,14-15,19H,3-4,6-7,9,11H2,1-2H3/t12?,14?,15-/m0/s1. The summed E-state index contributed by atoms with van der Waals surface area (Å²) in [6.45, 7) is 0.678. The largest absolute Gasteiger partial charge is 0.497 e. The van der Waals surface area contributed by atoms with Crippen LogP contribution in [0.15, 0.2) is 18.2 Å². The average molecular weight is 319 g/mol. The Kier molecular flexibility index (Phi) is 5.06. The molecule has 1 fully saturated rings. The first-order valence-electron chi connectivity index (χ1n) is 8.33. The number of hydrogen-bond donors (Lipinski definition) is 1. The van der Waals surface area contributed by atoms with E-state index >= 15 is 0 Å². The number of carbonyl (C=O) groups excluding carboxylic acids is 1. The number of hydrogen-bond acceptors (Lipinski definition) is 5. The summed E-state index contributed by atoms with van der Waals surface area (Å²) in [6, 6.07) is 6.80. The van der Waals surface area contributed by atoms with Gasteiger partial charge in [0.05, 0.1) is 20.1 Å². The number of ether oxygens (including phenoxy) is 3. The van der Waals surface area contributed by atoms with E-state index in [0.717, 1.165) is 43.6 Å². The summed E-state index contributed by atoms with van der Waals surface area (Å²) in [7, 11) is 3.14. The van der Waals surface area contributed by atoms with Crippen LogP contribution < -0.4 is 14.8 Å². The van der Waals surface area contributed by atoms with Gasteiger partial charge in [0.2, 0.25) is 0 Å². The van der Waals surface area contributed by atoms with E-state index in [1.807, 2.05) is 12.1 Å². The average Bonchev–Trinajstić information content (AvgIpc) is 2.61.